The van der Waals surface area contributed by atoms with Crippen LogP contribution in [0.25, 0.3) is 0 Å². The van der Waals surface area contributed by atoms with Crippen molar-refractivity contribution in [2.75, 3.05) is 10.0 Å². The van der Waals surface area contributed by atoms with Crippen LogP contribution in [0.15, 0.2) is 71.6 Å². The molecule has 0 fully saturated rings. The van der Waals surface area contributed by atoms with Gasteiger partial charge in [0.2, 0.25) is 5.91 Å². The zero-order valence-electron chi connectivity index (χ0n) is 16.9. The van der Waals surface area contributed by atoms with Crippen LogP contribution in [-0.4, -0.2) is 20.2 Å². The highest BCUT2D eigenvalue weighted by Gasteiger charge is 2.21. The Labute approximate surface area is 195 Å². The lowest BCUT2D eigenvalue weighted by atomic mass is 10.1. The first-order valence-corrected chi connectivity index (χ1v) is 11.6. The zero-order chi connectivity index (χ0) is 23.3. The fourth-order valence-corrected chi connectivity index (χ4v) is 4.69. The molecule has 0 radical (unpaired) electrons. The number of hydrogen-bond donors (Lipinski definition) is 3. The van der Waals surface area contributed by atoms with E-state index in [1.165, 1.54) is 31.2 Å². The molecule has 0 aliphatic rings. The summed E-state index contributed by atoms with van der Waals surface area (Å²) in [5, 5.41) is 5.58. The fraction of sp³-hybridized carbons (Fsp3) is 0.0909. The van der Waals surface area contributed by atoms with E-state index in [9.17, 15) is 18.0 Å². The Hall–Kier alpha value is -3.07. The molecule has 0 unspecified atom stereocenters. The third-order valence-corrected chi connectivity index (χ3v) is 6.48. The molecule has 32 heavy (non-hydrogen) atoms. The van der Waals surface area contributed by atoms with Crippen molar-refractivity contribution in [2.24, 2.45) is 0 Å². The van der Waals surface area contributed by atoms with E-state index >= 15 is 0 Å². The van der Waals surface area contributed by atoms with Crippen molar-refractivity contribution < 1.29 is 18.0 Å². The molecule has 0 aromatic heterocycles. The molecule has 0 saturated carbocycles. The number of sulfonamides is 1. The van der Waals surface area contributed by atoms with Gasteiger partial charge in [-0.1, -0.05) is 47.5 Å². The van der Waals surface area contributed by atoms with Crippen LogP contribution < -0.4 is 15.4 Å². The van der Waals surface area contributed by atoms with Crippen LogP contribution in [0.3, 0.4) is 0 Å². The van der Waals surface area contributed by atoms with Gasteiger partial charge in [0.25, 0.3) is 15.9 Å². The van der Waals surface area contributed by atoms with E-state index in [-0.39, 0.29) is 38.6 Å². The lowest BCUT2D eigenvalue weighted by molar-refractivity contribution is -0.114. The summed E-state index contributed by atoms with van der Waals surface area (Å²) < 4.78 is 28.0. The Morgan fingerprint density at radius 3 is 2.38 bits per heavy atom. The number of benzene rings is 3. The minimum absolute atomic E-state index is 0.0379. The van der Waals surface area contributed by atoms with E-state index in [1.54, 1.807) is 42.5 Å². The molecule has 10 heteroatoms. The lowest BCUT2D eigenvalue weighted by Gasteiger charge is -2.12. The van der Waals surface area contributed by atoms with Gasteiger partial charge in [-0.25, -0.2) is 8.42 Å². The summed E-state index contributed by atoms with van der Waals surface area (Å²) in [7, 11) is -4.09. The summed E-state index contributed by atoms with van der Waals surface area (Å²) in [6.45, 7) is 1.58. The second kappa shape index (κ2) is 10.0. The summed E-state index contributed by atoms with van der Waals surface area (Å²) in [4.78, 5) is 23.6. The monoisotopic (exact) mass is 491 g/mol. The van der Waals surface area contributed by atoms with Gasteiger partial charge in [-0.05, 0) is 48.0 Å². The Morgan fingerprint density at radius 2 is 1.66 bits per heavy atom. The molecule has 0 aliphatic heterocycles. The maximum Gasteiger partial charge on any atom is 0.263 e. The topological polar surface area (TPSA) is 104 Å². The highest BCUT2D eigenvalue weighted by molar-refractivity contribution is 7.92. The van der Waals surface area contributed by atoms with Gasteiger partial charge in [0, 0.05) is 24.7 Å². The van der Waals surface area contributed by atoms with Crippen molar-refractivity contribution in [3.8, 4) is 0 Å². The molecule has 3 aromatic carbocycles. The molecular formula is C22H19Cl2N3O4S. The van der Waals surface area contributed by atoms with Crippen LogP contribution in [-0.2, 0) is 21.4 Å². The van der Waals surface area contributed by atoms with Gasteiger partial charge in [0.05, 0.1) is 15.7 Å². The molecule has 0 bridgehead atoms. The normalized spacial score (nSPS) is 11.0. The Kier molecular flexibility index (Phi) is 7.40. The lowest BCUT2D eigenvalue weighted by Crippen LogP contribution is -2.23. The molecule has 0 spiro atoms. The minimum Gasteiger partial charge on any atom is -0.348 e. The van der Waals surface area contributed by atoms with Gasteiger partial charge in [0.15, 0.2) is 0 Å². The van der Waals surface area contributed by atoms with Crippen LogP contribution in [0.5, 0.6) is 0 Å². The molecule has 3 aromatic rings. The quantitative estimate of drug-likeness (QED) is 0.446. The molecule has 3 rings (SSSR count). The van der Waals surface area contributed by atoms with Gasteiger partial charge in [-0.15, -0.1) is 0 Å². The van der Waals surface area contributed by atoms with Crippen LogP contribution in [0.2, 0.25) is 10.0 Å². The average Bonchev–Trinajstić information content (AvgIpc) is 2.73. The summed E-state index contributed by atoms with van der Waals surface area (Å²) >= 11 is 12.1. The summed E-state index contributed by atoms with van der Waals surface area (Å²) in [5.41, 5.74) is 1.67. The Balaban J connectivity index is 1.77. The minimum atomic E-state index is -4.09. The van der Waals surface area contributed by atoms with Crippen LogP contribution in [0.1, 0.15) is 22.8 Å². The molecule has 0 heterocycles. The molecule has 3 N–H and O–H groups in total. The van der Waals surface area contributed by atoms with E-state index in [0.29, 0.717) is 5.69 Å². The first-order valence-electron chi connectivity index (χ1n) is 9.37. The van der Waals surface area contributed by atoms with Crippen molar-refractivity contribution in [3.05, 3.63) is 87.9 Å². The van der Waals surface area contributed by atoms with Gasteiger partial charge >= 0.3 is 0 Å². The predicted molar refractivity (Wildman–Crippen MR) is 126 cm³/mol. The van der Waals surface area contributed by atoms with Crippen molar-refractivity contribution in [2.45, 2.75) is 18.4 Å². The van der Waals surface area contributed by atoms with Gasteiger partial charge in [-0.2, -0.15) is 0 Å². The summed E-state index contributed by atoms with van der Waals surface area (Å²) in [6, 6.07) is 17.3. The van der Waals surface area contributed by atoms with Crippen molar-refractivity contribution >= 4 is 56.4 Å². The van der Waals surface area contributed by atoms with Gasteiger partial charge in [0.1, 0.15) is 4.90 Å². The van der Waals surface area contributed by atoms with E-state index in [0.717, 1.165) is 5.56 Å². The van der Waals surface area contributed by atoms with E-state index in [4.69, 9.17) is 23.2 Å². The molecular weight excluding hydrogens is 473 g/mol. The molecule has 0 atom stereocenters. The SMILES string of the molecule is CC(=O)Nc1cccc(CNC(=O)c2ccc(Cl)c(S(=O)(=O)Nc3ccccc3Cl)c2)c1. The summed E-state index contributed by atoms with van der Waals surface area (Å²) in [6.07, 6.45) is 0. The Bertz CT molecular complexity index is 1280. The number of halogens is 2. The number of rotatable bonds is 7. The number of carbonyl (C=O) groups is 2. The molecule has 0 aliphatic carbocycles. The number of hydrogen-bond acceptors (Lipinski definition) is 4. The standard InChI is InChI=1S/C22H19Cl2N3O4S/c1-14(28)26-17-6-4-5-15(11-17)13-25-22(29)16-9-10-19(24)21(12-16)32(30,31)27-20-8-3-2-7-18(20)23/h2-12,27H,13H2,1H3,(H,25,29)(H,26,28). The van der Waals surface area contributed by atoms with Gasteiger partial charge < -0.3 is 10.6 Å². The zero-order valence-corrected chi connectivity index (χ0v) is 19.2. The predicted octanol–water partition coefficient (Wildman–Crippen LogP) is 4.68. The highest BCUT2D eigenvalue weighted by Crippen LogP contribution is 2.28. The van der Waals surface area contributed by atoms with Crippen molar-refractivity contribution in [1.29, 1.82) is 0 Å². The number of amides is 2. The molecule has 0 saturated heterocycles. The third-order valence-electron chi connectivity index (χ3n) is 4.30. The fourth-order valence-electron chi connectivity index (χ4n) is 2.84. The van der Waals surface area contributed by atoms with E-state index < -0.39 is 15.9 Å². The number of carbonyl (C=O) groups excluding carboxylic acids is 2. The largest absolute Gasteiger partial charge is 0.348 e. The van der Waals surface area contributed by atoms with Gasteiger partial charge in [-0.3, -0.25) is 14.3 Å². The van der Waals surface area contributed by atoms with Crippen molar-refractivity contribution in [3.63, 3.8) is 0 Å². The van der Waals surface area contributed by atoms with Crippen molar-refractivity contribution in [1.82, 2.24) is 5.32 Å². The smallest absolute Gasteiger partial charge is 0.263 e. The highest BCUT2D eigenvalue weighted by atomic mass is 35.5. The molecule has 7 nitrogen and oxygen atoms in total. The third kappa shape index (κ3) is 6.00. The molecule has 166 valence electrons. The van der Waals surface area contributed by atoms with E-state index in [1.807, 2.05) is 0 Å². The first kappa shape index (κ1) is 23.6. The average molecular weight is 492 g/mol. The number of para-hydroxylation sites is 1. The number of nitrogens with one attached hydrogen (secondary N) is 3. The van der Waals surface area contributed by atoms with Crippen LogP contribution >= 0.6 is 23.2 Å². The second-order valence-electron chi connectivity index (χ2n) is 6.79. The Morgan fingerprint density at radius 1 is 0.906 bits per heavy atom. The maximum atomic E-state index is 12.8. The maximum absolute atomic E-state index is 12.8. The first-order chi connectivity index (χ1) is 15.2. The second-order valence-corrected chi connectivity index (χ2v) is 9.26. The van der Waals surface area contributed by atoms with Crippen LogP contribution in [0, 0.1) is 0 Å². The summed E-state index contributed by atoms with van der Waals surface area (Å²) in [5.74, 6) is -0.688. The number of anilines is 2. The van der Waals surface area contributed by atoms with Crippen LogP contribution in [0.4, 0.5) is 11.4 Å². The van der Waals surface area contributed by atoms with E-state index in [2.05, 4.69) is 15.4 Å². The molecule has 2 amide bonds.